The summed E-state index contributed by atoms with van der Waals surface area (Å²) in [6.07, 6.45) is -25.4. The number of ether oxygens (including phenoxy) is 3. The minimum Gasteiger partial charge on any atom is -0.394 e. The molecular weight excluding hydrogens is 488 g/mol. The maximum atomic E-state index is 9.94. The first-order valence-corrected chi connectivity index (χ1v) is 10.6. The Morgan fingerprint density at radius 1 is 0.429 bits per heavy atom. The third kappa shape index (κ3) is 6.43. The molecule has 0 bridgehead atoms. The molecule has 3 fully saturated rings. The molecule has 0 radical (unpaired) electrons. The molecule has 3 rings (SSSR count). The largest absolute Gasteiger partial charge is 0.394 e. The molecule has 3 aliphatic rings. The molecule has 1 saturated carbocycles. The first kappa shape index (κ1) is 30.5. The molecule has 14 N–H and O–H groups in total. The summed E-state index contributed by atoms with van der Waals surface area (Å²) in [5.41, 5.74) is 0. The monoisotopic (exact) mass is 522 g/mol. The Bertz CT molecular complexity index is 580. The summed E-state index contributed by atoms with van der Waals surface area (Å²) < 4.78 is 15.3. The van der Waals surface area contributed by atoms with E-state index in [1.807, 2.05) is 0 Å². The molecule has 0 amide bonds. The van der Waals surface area contributed by atoms with Gasteiger partial charge < -0.3 is 85.7 Å². The van der Waals surface area contributed by atoms with Crippen LogP contribution < -0.4 is 0 Å². The molecule has 17 heteroatoms. The zero-order valence-corrected chi connectivity index (χ0v) is 18.1. The summed E-state index contributed by atoms with van der Waals surface area (Å²) in [6, 6.07) is 0. The third-order valence-corrected chi connectivity index (χ3v) is 6.08. The van der Waals surface area contributed by atoms with Crippen molar-refractivity contribution < 1.29 is 85.7 Å². The van der Waals surface area contributed by atoms with E-state index in [-0.39, 0.29) is 0 Å². The van der Waals surface area contributed by atoms with Gasteiger partial charge in [0, 0.05) is 0 Å². The fraction of sp³-hybridized carbons (Fsp3) is 1.00. The Labute approximate surface area is 197 Å². The molecule has 2 aliphatic heterocycles. The third-order valence-electron chi connectivity index (χ3n) is 6.08. The molecule has 0 spiro atoms. The second-order valence-electron chi connectivity index (χ2n) is 8.47. The zero-order chi connectivity index (χ0) is 26.8. The SMILES string of the molecule is OC1C(O)C(O)C(O)C(O)C1O.OC[C@H]1O[C@H](O[C@H]2[C@H](O)[C@@H](O)[C@H](O)O[C@@H]2CO)[C@H](O)[C@@H](O)[C@@H]1O. The molecule has 0 unspecified atom stereocenters. The van der Waals surface area contributed by atoms with Crippen LogP contribution in [-0.2, 0) is 14.2 Å². The van der Waals surface area contributed by atoms with Crippen LogP contribution in [0.25, 0.3) is 0 Å². The van der Waals surface area contributed by atoms with E-state index in [1.165, 1.54) is 0 Å². The van der Waals surface area contributed by atoms with E-state index >= 15 is 0 Å². The molecule has 0 aromatic rings. The highest BCUT2D eigenvalue weighted by Gasteiger charge is 2.50. The second-order valence-corrected chi connectivity index (χ2v) is 8.47. The summed E-state index contributed by atoms with van der Waals surface area (Å²) in [4.78, 5) is 0. The predicted molar refractivity (Wildman–Crippen MR) is 105 cm³/mol. The molecule has 35 heavy (non-hydrogen) atoms. The van der Waals surface area contributed by atoms with Crippen molar-refractivity contribution in [3.63, 3.8) is 0 Å². The van der Waals surface area contributed by atoms with Crippen LogP contribution in [0.2, 0.25) is 0 Å². The van der Waals surface area contributed by atoms with Crippen LogP contribution in [0.3, 0.4) is 0 Å². The Balaban J connectivity index is 0.000000303. The second kappa shape index (κ2) is 12.7. The van der Waals surface area contributed by atoms with Gasteiger partial charge in [0.05, 0.1) is 13.2 Å². The summed E-state index contributed by atoms with van der Waals surface area (Å²) in [7, 11) is 0. The van der Waals surface area contributed by atoms with Crippen molar-refractivity contribution in [3.05, 3.63) is 0 Å². The van der Waals surface area contributed by atoms with Gasteiger partial charge in [0.1, 0.15) is 85.5 Å². The number of hydrogen-bond acceptors (Lipinski definition) is 17. The Kier molecular flexibility index (Phi) is 11.1. The lowest BCUT2D eigenvalue weighted by atomic mass is 9.85. The smallest absolute Gasteiger partial charge is 0.187 e. The van der Waals surface area contributed by atoms with Crippen LogP contribution in [0.5, 0.6) is 0 Å². The van der Waals surface area contributed by atoms with Crippen LogP contribution >= 0.6 is 0 Å². The maximum absolute atomic E-state index is 9.94. The van der Waals surface area contributed by atoms with E-state index in [1.54, 1.807) is 0 Å². The molecule has 1 aliphatic carbocycles. The molecular formula is C18H34O17. The summed E-state index contributed by atoms with van der Waals surface area (Å²) >= 11 is 0. The normalized spacial score (nSPS) is 53.0. The van der Waals surface area contributed by atoms with Crippen molar-refractivity contribution in [1.82, 2.24) is 0 Å². The van der Waals surface area contributed by atoms with Crippen LogP contribution in [0.4, 0.5) is 0 Å². The van der Waals surface area contributed by atoms with Gasteiger partial charge in [-0.25, -0.2) is 0 Å². The Morgan fingerprint density at radius 3 is 1.23 bits per heavy atom. The van der Waals surface area contributed by atoms with E-state index in [4.69, 9.17) is 50.0 Å². The van der Waals surface area contributed by atoms with Crippen LogP contribution in [0.15, 0.2) is 0 Å². The number of rotatable bonds is 4. The highest BCUT2D eigenvalue weighted by atomic mass is 16.7. The number of aliphatic hydroxyl groups is 14. The van der Waals surface area contributed by atoms with Crippen molar-refractivity contribution in [2.24, 2.45) is 0 Å². The minimum absolute atomic E-state index is 0.667. The van der Waals surface area contributed by atoms with Crippen LogP contribution in [0, 0.1) is 0 Å². The summed E-state index contributed by atoms with van der Waals surface area (Å²) in [6.45, 7) is -1.35. The van der Waals surface area contributed by atoms with E-state index in [0.29, 0.717) is 0 Å². The summed E-state index contributed by atoms with van der Waals surface area (Å²) in [5, 5.41) is 130. The van der Waals surface area contributed by atoms with Gasteiger partial charge in [-0.3, -0.25) is 0 Å². The van der Waals surface area contributed by atoms with Gasteiger partial charge >= 0.3 is 0 Å². The van der Waals surface area contributed by atoms with E-state index in [0.717, 1.165) is 0 Å². The van der Waals surface area contributed by atoms with E-state index < -0.39 is 111 Å². The first-order chi connectivity index (χ1) is 16.3. The first-order valence-electron chi connectivity index (χ1n) is 10.6. The highest BCUT2D eigenvalue weighted by Crippen LogP contribution is 2.28. The molecule has 0 aromatic heterocycles. The van der Waals surface area contributed by atoms with E-state index in [9.17, 15) is 35.7 Å². The lowest BCUT2D eigenvalue weighted by Gasteiger charge is -2.45. The predicted octanol–water partition coefficient (Wildman–Crippen LogP) is -9.23. The molecule has 0 aromatic carbocycles. The van der Waals surface area contributed by atoms with Crippen molar-refractivity contribution >= 4 is 0 Å². The standard InChI is InChI=1S/C12H22O11.C6H12O6/c13-1-3-5(15)6(16)9(19)12(22-3)23-10-4(2-14)21-11(20)8(18)7(10)17;7-1-2(8)4(10)6(12)5(11)3(1)9/h3-20H,1-2H2;1-12H/t3-,4-,5-,6+,7-,8-,9-,10-,11-,12-;/m1./s1. The zero-order valence-electron chi connectivity index (χ0n) is 18.1. The lowest BCUT2D eigenvalue weighted by molar-refractivity contribution is -0.355. The van der Waals surface area contributed by atoms with Crippen molar-refractivity contribution in [2.75, 3.05) is 13.2 Å². The van der Waals surface area contributed by atoms with Crippen molar-refractivity contribution in [3.8, 4) is 0 Å². The van der Waals surface area contributed by atoms with Gasteiger partial charge in [-0.05, 0) is 0 Å². The molecule has 10 atom stereocenters. The van der Waals surface area contributed by atoms with Gasteiger partial charge in [-0.15, -0.1) is 0 Å². The van der Waals surface area contributed by atoms with Crippen LogP contribution in [0.1, 0.15) is 0 Å². The quantitative estimate of drug-likeness (QED) is 0.163. The van der Waals surface area contributed by atoms with Gasteiger partial charge in [-0.2, -0.15) is 0 Å². The van der Waals surface area contributed by atoms with Gasteiger partial charge in [0.15, 0.2) is 12.6 Å². The summed E-state index contributed by atoms with van der Waals surface area (Å²) in [5.74, 6) is 0. The van der Waals surface area contributed by atoms with Gasteiger partial charge in [0.2, 0.25) is 0 Å². The van der Waals surface area contributed by atoms with Crippen molar-refractivity contribution in [2.45, 2.75) is 98.0 Å². The average molecular weight is 522 g/mol. The van der Waals surface area contributed by atoms with Crippen molar-refractivity contribution in [1.29, 1.82) is 0 Å². The highest BCUT2D eigenvalue weighted by molar-refractivity contribution is 4.98. The minimum atomic E-state index is -1.74. The fourth-order valence-electron chi connectivity index (χ4n) is 3.78. The fourth-order valence-corrected chi connectivity index (χ4v) is 3.78. The van der Waals surface area contributed by atoms with Gasteiger partial charge in [-0.1, -0.05) is 0 Å². The number of hydrogen-bond donors (Lipinski definition) is 14. The van der Waals surface area contributed by atoms with Gasteiger partial charge in [0.25, 0.3) is 0 Å². The maximum Gasteiger partial charge on any atom is 0.187 e. The number of aliphatic hydroxyl groups excluding tert-OH is 14. The van der Waals surface area contributed by atoms with E-state index in [2.05, 4.69) is 0 Å². The molecule has 17 nitrogen and oxygen atoms in total. The Hall–Kier alpha value is -0.680. The topological polar surface area (TPSA) is 311 Å². The molecule has 2 heterocycles. The molecule has 208 valence electrons. The van der Waals surface area contributed by atoms with Crippen LogP contribution in [-0.4, -0.2) is 183 Å². The lowest BCUT2D eigenvalue weighted by Crippen LogP contribution is -2.64. The average Bonchev–Trinajstić information content (AvgIpc) is 2.85. The molecule has 2 saturated heterocycles. The Morgan fingerprint density at radius 2 is 0.829 bits per heavy atom.